The number of allylic oxidation sites excluding steroid dienone is 3. The Morgan fingerprint density at radius 3 is 2.35 bits per heavy atom. The third-order valence-corrected chi connectivity index (χ3v) is 6.48. The predicted octanol–water partition coefficient (Wildman–Crippen LogP) is 4.43. The number of cyclic esters (lactones) is 1. The van der Waals surface area contributed by atoms with Crippen LogP contribution in [0.25, 0.3) is 0 Å². The first-order valence-corrected chi connectivity index (χ1v) is 13.3. The molecule has 0 spiro atoms. The van der Waals surface area contributed by atoms with Crippen molar-refractivity contribution in [2.75, 3.05) is 7.11 Å². The van der Waals surface area contributed by atoms with Crippen molar-refractivity contribution in [3.05, 3.63) is 36.0 Å². The highest BCUT2D eigenvalue weighted by Crippen LogP contribution is 2.25. The molecular weight excluding hydrogens is 474 g/mol. The van der Waals surface area contributed by atoms with Crippen molar-refractivity contribution in [1.82, 2.24) is 5.32 Å². The Bertz CT molecular complexity index is 886. The zero-order valence-corrected chi connectivity index (χ0v) is 23.1. The molecule has 37 heavy (non-hydrogen) atoms. The fourth-order valence-electron chi connectivity index (χ4n) is 4.49. The van der Waals surface area contributed by atoms with Crippen molar-refractivity contribution in [1.29, 1.82) is 0 Å². The Hall–Kier alpha value is -2.87. The topological polar surface area (TPSA) is 116 Å². The zero-order valence-electron chi connectivity index (χ0n) is 23.1. The van der Waals surface area contributed by atoms with Gasteiger partial charge in [0.1, 0.15) is 18.0 Å². The standard InChI is InChI=1S/C27H37NO7.C2H6/c1-17-14-18(2)27(35-25(32)13-8-6-5-7-12-22(34-4)26(17)33)19(3)21(29)11-9-10-20-15-23(30)28-24(31)16-20;1-2/h7-8,12-14,17,19-20,22,27H,5-6,9-11,15-16H2,1-4H3,(H,28,30,31);1-2H3/b12-7+,13-8+,18-14-;/t17-,19-,22+,27?;/m1./s1. The zero-order chi connectivity index (χ0) is 28.0. The normalized spacial score (nSPS) is 27.8. The van der Waals surface area contributed by atoms with Gasteiger partial charge in [0.25, 0.3) is 0 Å². The highest BCUT2D eigenvalue weighted by Gasteiger charge is 2.30. The first-order valence-electron chi connectivity index (χ1n) is 13.3. The Labute approximate surface area is 220 Å². The fourth-order valence-corrected chi connectivity index (χ4v) is 4.49. The van der Waals surface area contributed by atoms with Crippen LogP contribution in [-0.4, -0.2) is 48.7 Å². The van der Waals surface area contributed by atoms with E-state index in [0.717, 1.165) is 0 Å². The van der Waals surface area contributed by atoms with Crippen LogP contribution in [-0.2, 0) is 33.4 Å². The number of Topliss-reactive ketones (excluding diaryl/α,β-unsaturated/α-hetero) is 2. The Kier molecular flexibility index (Phi) is 14.6. The minimum absolute atomic E-state index is 0.0621. The highest BCUT2D eigenvalue weighted by molar-refractivity contribution is 5.97. The largest absolute Gasteiger partial charge is 0.454 e. The van der Waals surface area contributed by atoms with Crippen LogP contribution in [0.5, 0.6) is 0 Å². The average molecular weight is 518 g/mol. The number of imide groups is 1. The molecule has 8 nitrogen and oxygen atoms in total. The van der Waals surface area contributed by atoms with E-state index in [1.807, 2.05) is 19.9 Å². The van der Waals surface area contributed by atoms with Gasteiger partial charge in [-0.2, -0.15) is 0 Å². The molecule has 2 rings (SSSR count). The van der Waals surface area contributed by atoms with E-state index in [9.17, 15) is 24.0 Å². The first-order chi connectivity index (χ1) is 17.6. The quantitative estimate of drug-likeness (QED) is 0.302. The van der Waals surface area contributed by atoms with Crippen molar-refractivity contribution in [3.8, 4) is 0 Å². The number of hydrogen-bond acceptors (Lipinski definition) is 7. The molecule has 0 bridgehead atoms. The van der Waals surface area contributed by atoms with E-state index < -0.39 is 30.0 Å². The maximum atomic E-state index is 13.0. The molecule has 0 saturated carbocycles. The molecule has 2 aliphatic rings. The Morgan fingerprint density at radius 2 is 1.73 bits per heavy atom. The summed E-state index contributed by atoms with van der Waals surface area (Å²) in [6, 6.07) is 0. The van der Waals surface area contributed by atoms with Gasteiger partial charge in [-0.25, -0.2) is 4.79 Å². The SMILES string of the molecule is CC.CO[C@H]1/C=C/CC/C=C/C(=O)OC([C@H](C)C(=O)CCCC2CC(=O)NC(=O)C2)/C(C)=C\[C@@H](C)C1=O. The number of piperidine rings is 1. The summed E-state index contributed by atoms with van der Waals surface area (Å²) >= 11 is 0. The van der Waals surface area contributed by atoms with E-state index in [-0.39, 0.29) is 48.6 Å². The number of carbonyl (C=O) groups is 5. The summed E-state index contributed by atoms with van der Waals surface area (Å²) in [7, 11) is 1.49. The molecule has 0 aromatic rings. The van der Waals surface area contributed by atoms with E-state index in [1.165, 1.54) is 13.2 Å². The van der Waals surface area contributed by atoms with Gasteiger partial charge >= 0.3 is 5.97 Å². The summed E-state index contributed by atoms with van der Waals surface area (Å²) in [6.45, 7) is 9.23. The summed E-state index contributed by atoms with van der Waals surface area (Å²) in [5, 5.41) is 2.29. The monoisotopic (exact) mass is 517 g/mol. The lowest BCUT2D eigenvalue weighted by atomic mass is 9.87. The maximum absolute atomic E-state index is 13.0. The number of amides is 2. The smallest absolute Gasteiger partial charge is 0.331 e. The molecule has 2 heterocycles. The number of rotatable bonds is 7. The molecule has 206 valence electrons. The van der Waals surface area contributed by atoms with Gasteiger partial charge < -0.3 is 9.47 Å². The van der Waals surface area contributed by atoms with Gasteiger partial charge in [-0.05, 0) is 44.1 Å². The molecule has 4 atom stereocenters. The van der Waals surface area contributed by atoms with Crippen LogP contribution in [0.15, 0.2) is 36.0 Å². The third-order valence-electron chi connectivity index (χ3n) is 6.48. The van der Waals surface area contributed by atoms with Crippen LogP contribution < -0.4 is 5.32 Å². The first kappa shape index (κ1) is 32.2. The van der Waals surface area contributed by atoms with Gasteiger partial charge in [0.2, 0.25) is 11.8 Å². The molecule has 1 fully saturated rings. The number of hydrogen-bond donors (Lipinski definition) is 1. The minimum atomic E-state index is -0.809. The van der Waals surface area contributed by atoms with E-state index in [2.05, 4.69) is 5.32 Å². The van der Waals surface area contributed by atoms with Crippen LogP contribution in [0.3, 0.4) is 0 Å². The summed E-state index contributed by atoms with van der Waals surface area (Å²) in [6.07, 6.45) is 10.1. The fraction of sp³-hybridized carbons (Fsp3) is 0.621. The molecular formula is C29H43NO7. The lowest BCUT2D eigenvalue weighted by Gasteiger charge is -2.25. The summed E-state index contributed by atoms with van der Waals surface area (Å²) in [5.74, 6) is -2.47. The molecule has 1 saturated heterocycles. The summed E-state index contributed by atoms with van der Waals surface area (Å²) < 4.78 is 11.0. The second-order valence-electron chi connectivity index (χ2n) is 9.42. The summed E-state index contributed by atoms with van der Waals surface area (Å²) in [4.78, 5) is 61.4. The van der Waals surface area contributed by atoms with E-state index in [0.29, 0.717) is 31.3 Å². The highest BCUT2D eigenvalue weighted by atomic mass is 16.5. The average Bonchev–Trinajstić information content (AvgIpc) is 2.86. The van der Waals surface area contributed by atoms with Crippen LogP contribution in [0.2, 0.25) is 0 Å². The molecule has 1 N–H and O–H groups in total. The van der Waals surface area contributed by atoms with Crippen LogP contribution >= 0.6 is 0 Å². The second-order valence-corrected chi connectivity index (χ2v) is 9.42. The van der Waals surface area contributed by atoms with Crippen molar-refractivity contribution in [3.63, 3.8) is 0 Å². The van der Waals surface area contributed by atoms with Crippen LogP contribution in [0.1, 0.15) is 79.6 Å². The lowest BCUT2D eigenvalue weighted by molar-refractivity contribution is -0.145. The van der Waals surface area contributed by atoms with Gasteiger partial charge in [-0.3, -0.25) is 24.5 Å². The third kappa shape index (κ3) is 11.0. The second kappa shape index (κ2) is 16.8. The molecule has 0 aromatic carbocycles. The van der Waals surface area contributed by atoms with Crippen molar-refractivity contribution in [2.24, 2.45) is 17.8 Å². The van der Waals surface area contributed by atoms with E-state index in [4.69, 9.17) is 9.47 Å². The molecule has 0 radical (unpaired) electrons. The molecule has 1 unspecified atom stereocenters. The molecule has 2 aliphatic heterocycles. The molecule has 0 aliphatic carbocycles. The van der Waals surface area contributed by atoms with Crippen molar-refractivity contribution >= 4 is 29.4 Å². The van der Waals surface area contributed by atoms with Gasteiger partial charge in [0, 0.05) is 38.4 Å². The molecule has 8 heteroatoms. The predicted molar refractivity (Wildman–Crippen MR) is 141 cm³/mol. The number of ether oxygens (including phenoxy) is 2. The Balaban J connectivity index is 0.00000334. The molecule has 2 amide bonds. The summed E-state index contributed by atoms with van der Waals surface area (Å²) in [5.41, 5.74) is 0.624. The van der Waals surface area contributed by atoms with E-state index in [1.54, 1.807) is 39.0 Å². The van der Waals surface area contributed by atoms with Gasteiger partial charge in [-0.1, -0.05) is 52.0 Å². The lowest BCUT2D eigenvalue weighted by Crippen LogP contribution is -2.38. The minimum Gasteiger partial charge on any atom is -0.454 e. The van der Waals surface area contributed by atoms with E-state index >= 15 is 0 Å². The van der Waals surface area contributed by atoms with Gasteiger partial charge in [0.15, 0.2) is 5.78 Å². The maximum Gasteiger partial charge on any atom is 0.331 e. The number of esters is 1. The Morgan fingerprint density at radius 1 is 1.11 bits per heavy atom. The molecule has 0 aromatic heterocycles. The van der Waals surface area contributed by atoms with Crippen LogP contribution in [0, 0.1) is 17.8 Å². The van der Waals surface area contributed by atoms with Crippen LogP contribution in [0.4, 0.5) is 0 Å². The van der Waals surface area contributed by atoms with Crippen molar-refractivity contribution in [2.45, 2.75) is 91.8 Å². The van der Waals surface area contributed by atoms with Crippen molar-refractivity contribution < 1.29 is 33.4 Å². The number of methoxy groups -OCH3 is 1. The number of carbonyl (C=O) groups excluding carboxylic acids is 5. The van der Waals surface area contributed by atoms with Gasteiger partial charge in [0.05, 0.1) is 5.92 Å². The number of ketones is 2. The number of nitrogens with one attached hydrogen (secondary N) is 1. The van der Waals surface area contributed by atoms with Gasteiger partial charge in [-0.15, -0.1) is 0 Å².